The zero-order valence-corrected chi connectivity index (χ0v) is 11.5. The first-order valence-corrected chi connectivity index (χ1v) is 6.62. The molecular formula is C16H21NO2. The van der Waals surface area contributed by atoms with Crippen molar-refractivity contribution in [1.82, 2.24) is 5.32 Å². The molecule has 3 nitrogen and oxygen atoms in total. The van der Waals surface area contributed by atoms with E-state index in [0.717, 1.165) is 18.9 Å². The van der Waals surface area contributed by atoms with Crippen LogP contribution in [0.25, 0.3) is 0 Å². The van der Waals surface area contributed by atoms with Crippen molar-refractivity contribution in [3.63, 3.8) is 0 Å². The van der Waals surface area contributed by atoms with Gasteiger partial charge in [0.25, 0.3) is 0 Å². The topological polar surface area (TPSA) is 34.4 Å². The van der Waals surface area contributed by atoms with Gasteiger partial charge in [-0.3, -0.25) is 0 Å². The van der Waals surface area contributed by atoms with Crippen LogP contribution in [0.1, 0.15) is 24.3 Å². The first-order valence-electron chi connectivity index (χ1n) is 6.62. The molecule has 0 aliphatic heterocycles. The van der Waals surface area contributed by atoms with E-state index in [-0.39, 0.29) is 6.04 Å². The Bertz CT molecular complexity index is 453. The lowest BCUT2D eigenvalue weighted by atomic mass is 10.0. The van der Waals surface area contributed by atoms with Crippen molar-refractivity contribution in [3.05, 3.63) is 60.1 Å². The van der Waals surface area contributed by atoms with E-state index in [1.807, 2.05) is 30.3 Å². The SMILES string of the molecule is COCC(C)CNC(c1ccccc1)c1ccco1. The fraction of sp³-hybridized carbons (Fsp3) is 0.375. The normalized spacial score (nSPS) is 14.2. The highest BCUT2D eigenvalue weighted by molar-refractivity contribution is 5.26. The Morgan fingerprint density at radius 2 is 1.95 bits per heavy atom. The summed E-state index contributed by atoms with van der Waals surface area (Å²) in [5.74, 6) is 1.40. The number of nitrogens with one attached hydrogen (secondary N) is 1. The molecule has 19 heavy (non-hydrogen) atoms. The maximum Gasteiger partial charge on any atom is 0.125 e. The van der Waals surface area contributed by atoms with Crippen molar-refractivity contribution in [3.8, 4) is 0 Å². The number of furan rings is 1. The van der Waals surface area contributed by atoms with Crippen LogP contribution in [0, 0.1) is 5.92 Å². The second-order valence-corrected chi connectivity index (χ2v) is 4.83. The van der Waals surface area contributed by atoms with Crippen LogP contribution < -0.4 is 5.32 Å². The number of rotatable bonds is 7. The lowest BCUT2D eigenvalue weighted by molar-refractivity contribution is 0.157. The van der Waals surface area contributed by atoms with Gasteiger partial charge in [0.1, 0.15) is 5.76 Å². The van der Waals surface area contributed by atoms with Crippen molar-refractivity contribution in [2.24, 2.45) is 5.92 Å². The molecule has 0 saturated carbocycles. The fourth-order valence-electron chi connectivity index (χ4n) is 2.15. The second kappa shape index (κ2) is 7.12. The first kappa shape index (κ1) is 13.8. The van der Waals surface area contributed by atoms with E-state index in [4.69, 9.17) is 9.15 Å². The van der Waals surface area contributed by atoms with Gasteiger partial charge in [-0.25, -0.2) is 0 Å². The molecular weight excluding hydrogens is 238 g/mol. The lowest BCUT2D eigenvalue weighted by Gasteiger charge is -2.19. The van der Waals surface area contributed by atoms with Crippen molar-refractivity contribution in [1.29, 1.82) is 0 Å². The third-order valence-corrected chi connectivity index (χ3v) is 3.08. The Morgan fingerprint density at radius 1 is 1.16 bits per heavy atom. The van der Waals surface area contributed by atoms with Crippen LogP contribution in [0.3, 0.4) is 0 Å². The molecule has 1 N–H and O–H groups in total. The largest absolute Gasteiger partial charge is 0.467 e. The van der Waals surface area contributed by atoms with E-state index < -0.39 is 0 Å². The molecule has 2 rings (SSSR count). The summed E-state index contributed by atoms with van der Waals surface area (Å²) in [5.41, 5.74) is 1.21. The molecule has 1 aromatic carbocycles. The van der Waals surface area contributed by atoms with Gasteiger partial charge in [-0.15, -0.1) is 0 Å². The fourth-order valence-corrected chi connectivity index (χ4v) is 2.15. The van der Waals surface area contributed by atoms with E-state index in [0.29, 0.717) is 5.92 Å². The van der Waals surface area contributed by atoms with Gasteiger partial charge in [0.2, 0.25) is 0 Å². The summed E-state index contributed by atoms with van der Waals surface area (Å²) >= 11 is 0. The Balaban J connectivity index is 2.08. The van der Waals surface area contributed by atoms with Crippen molar-refractivity contribution in [2.45, 2.75) is 13.0 Å². The highest BCUT2D eigenvalue weighted by Crippen LogP contribution is 2.22. The lowest BCUT2D eigenvalue weighted by Crippen LogP contribution is -2.28. The Morgan fingerprint density at radius 3 is 2.58 bits per heavy atom. The Kier molecular flexibility index (Phi) is 5.19. The predicted molar refractivity (Wildman–Crippen MR) is 76.0 cm³/mol. The smallest absolute Gasteiger partial charge is 0.125 e. The molecule has 1 aromatic heterocycles. The highest BCUT2D eigenvalue weighted by atomic mass is 16.5. The van der Waals surface area contributed by atoms with Gasteiger partial charge < -0.3 is 14.5 Å². The van der Waals surface area contributed by atoms with Crippen LogP contribution in [0.4, 0.5) is 0 Å². The number of ether oxygens (including phenoxy) is 1. The minimum absolute atomic E-state index is 0.0931. The summed E-state index contributed by atoms with van der Waals surface area (Å²) < 4.78 is 10.7. The van der Waals surface area contributed by atoms with E-state index in [9.17, 15) is 0 Å². The standard InChI is InChI=1S/C16H21NO2/c1-13(12-18-2)11-17-16(15-9-6-10-19-15)14-7-4-3-5-8-14/h3-10,13,16-17H,11-12H2,1-2H3. The molecule has 2 atom stereocenters. The molecule has 0 saturated heterocycles. The molecule has 0 amide bonds. The van der Waals surface area contributed by atoms with Crippen LogP contribution >= 0.6 is 0 Å². The zero-order chi connectivity index (χ0) is 13.5. The monoisotopic (exact) mass is 259 g/mol. The molecule has 0 aliphatic carbocycles. The highest BCUT2D eigenvalue weighted by Gasteiger charge is 2.16. The Hall–Kier alpha value is -1.58. The van der Waals surface area contributed by atoms with Gasteiger partial charge in [-0.1, -0.05) is 37.3 Å². The molecule has 0 radical (unpaired) electrons. The van der Waals surface area contributed by atoms with Gasteiger partial charge in [0, 0.05) is 20.3 Å². The van der Waals surface area contributed by atoms with Crippen LogP contribution in [-0.4, -0.2) is 20.3 Å². The summed E-state index contributed by atoms with van der Waals surface area (Å²) in [6, 6.07) is 14.4. The average molecular weight is 259 g/mol. The predicted octanol–water partition coefficient (Wildman–Crippen LogP) is 3.24. The number of hydrogen-bond acceptors (Lipinski definition) is 3. The van der Waals surface area contributed by atoms with Crippen molar-refractivity contribution in [2.75, 3.05) is 20.3 Å². The third kappa shape index (κ3) is 3.94. The van der Waals surface area contributed by atoms with Gasteiger partial charge in [-0.05, 0) is 23.6 Å². The molecule has 2 aromatic rings. The molecule has 102 valence electrons. The Labute approximate surface area is 114 Å². The minimum atomic E-state index is 0.0931. The molecule has 0 aliphatic rings. The summed E-state index contributed by atoms with van der Waals surface area (Å²) in [6.45, 7) is 3.81. The van der Waals surface area contributed by atoms with E-state index in [1.165, 1.54) is 5.56 Å². The summed E-state index contributed by atoms with van der Waals surface area (Å²) in [4.78, 5) is 0. The zero-order valence-electron chi connectivity index (χ0n) is 11.5. The first-order chi connectivity index (χ1) is 9.31. The van der Waals surface area contributed by atoms with Crippen molar-refractivity contribution < 1.29 is 9.15 Å². The maximum absolute atomic E-state index is 5.55. The van der Waals surface area contributed by atoms with Crippen LogP contribution in [0.5, 0.6) is 0 Å². The second-order valence-electron chi connectivity index (χ2n) is 4.83. The van der Waals surface area contributed by atoms with E-state index in [2.05, 4.69) is 24.4 Å². The van der Waals surface area contributed by atoms with Gasteiger partial charge in [-0.2, -0.15) is 0 Å². The molecule has 3 heteroatoms. The van der Waals surface area contributed by atoms with Gasteiger partial charge in [0.15, 0.2) is 0 Å². The van der Waals surface area contributed by atoms with Crippen LogP contribution in [0.2, 0.25) is 0 Å². The third-order valence-electron chi connectivity index (χ3n) is 3.08. The van der Waals surface area contributed by atoms with Gasteiger partial charge >= 0.3 is 0 Å². The van der Waals surface area contributed by atoms with E-state index >= 15 is 0 Å². The maximum atomic E-state index is 5.55. The number of methoxy groups -OCH3 is 1. The van der Waals surface area contributed by atoms with E-state index in [1.54, 1.807) is 13.4 Å². The summed E-state index contributed by atoms with van der Waals surface area (Å²) in [7, 11) is 1.73. The summed E-state index contributed by atoms with van der Waals surface area (Å²) in [5, 5.41) is 3.55. The van der Waals surface area contributed by atoms with Gasteiger partial charge in [0.05, 0.1) is 12.3 Å². The molecule has 2 unspecified atom stereocenters. The van der Waals surface area contributed by atoms with Crippen molar-refractivity contribution >= 4 is 0 Å². The molecule has 0 spiro atoms. The number of benzene rings is 1. The number of hydrogen-bond donors (Lipinski definition) is 1. The average Bonchev–Trinajstić information content (AvgIpc) is 2.94. The molecule has 1 heterocycles. The minimum Gasteiger partial charge on any atom is -0.467 e. The van der Waals surface area contributed by atoms with Crippen LogP contribution in [0.15, 0.2) is 53.1 Å². The van der Waals surface area contributed by atoms with Crippen LogP contribution in [-0.2, 0) is 4.74 Å². The summed E-state index contributed by atoms with van der Waals surface area (Å²) in [6.07, 6.45) is 1.71. The molecule has 0 fully saturated rings. The molecule has 0 bridgehead atoms. The quantitative estimate of drug-likeness (QED) is 0.829.